The Kier molecular flexibility index (Phi) is 5.88. The zero-order valence-electron chi connectivity index (χ0n) is 14.0. The first-order valence-corrected chi connectivity index (χ1v) is 8.75. The van der Waals surface area contributed by atoms with Gasteiger partial charge in [0.2, 0.25) is 0 Å². The van der Waals surface area contributed by atoms with Crippen molar-refractivity contribution in [1.29, 1.82) is 0 Å². The summed E-state index contributed by atoms with van der Waals surface area (Å²) in [5.41, 5.74) is 1.98. The summed E-state index contributed by atoms with van der Waals surface area (Å²) in [6.45, 7) is 3.37. The molecule has 3 rings (SSSR count). The smallest absolute Gasteiger partial charge is 0.250 e. The number of aliphatic hydroxyl groups is 1. The maximum absolute atomic E-state index is 12.4. The number of hydrogen-bond acceptors (Lipinski definition) is 4. The summed E-state index contributed by atoms with van der Waals surface area (Å²) >= 11 is 0. The number of carbonyl (C=O) groups excluding carboxylic acids is 1. The number of amides is 1. The van der Waals surface area contributed by atoms with Gasteiger partial charge in [-0.25, -0.2) is 0 Å². The third kappa shape index (κ3) is 4.36. The lowest BCUT2D eigenvalue weighted by Gasteiger charge is -2.38. The number of nitrogens with zero attached hydrogens (tertiary/aromatic N) is 1. The fourth-order valence-corrected chi connectivity index (χ4v) is 3.43. The average Bonchev–Trinajstić information content (AvgIpc) is 2.63. The minimum absolute atomic E-state index is 0.0252. The van der Waals surface area contributed by atoms with E-state index in [-0.39, 0.29) is 24.5 Å². The summed E-state index contributed by atoms with van der Waals surface area (Å²) in [4.78, 5) is 14.8. The van der Waals surface area contributed by atoms with Gasteiger partial charge >= 0.3 is 0 Å². The van der Waals surface area contributed by atoms with Crippen LogP contribution in [-0.2, 0) is 16.1 Å². The summed E-state index contributed by atoms with van der Waals surface area (Å²) in [6.07, 6.45) is 4.12. The van der Waals surface area contributed by atoms with E-state index in [0.29, 0.717) is 12.2 Å². The van der Waals surface area contributed by atoms with Gasteiger partial charge in [0.1, 0.15) is 0 Å². The van der Waals surface area contributed by atoms with Crippen molar-refractivity contribution in [1.82, 2.24) is 10.2 Å². The fraction of sp³-hybridized carbons (Fsp3) is 0.526. The quantitative estimate of drug-likeness (QED) is 0.862. The van der Waals surface area contributed by atoms with Gasteiger partial charge in [-0.3, -0.25) is 9.69 Å². The second-order valence-corrected chi connectivity index (χ2v) is 6.65. The molecule has 0 bridgehead atoms. The van der Waals surface area contributed by atoms with E-state index in [0.717, 1.165) is 38.9 Å². The van der Waals surface area contributed by atoms with Crippen molar-refractivity contribution >= 4 is 5.91 Å². The van der Waals surface area contributed by atoms with Crippen molar-refractivity contribution in [3.05, 3.63) is 47.7 Å². The maximum atomic E-state index is 12.4. The third-order valence-corrected chi connectivity index (χ3v) is 4.87. The summed E-state index contributed by atoms with van der Waals surface area (Å²) in [6, 6.07) is 10.3. The van der Waals surface area contributed by atoms with Crippen molar-refractivity contribution in [3.63, 3.8) is 0 Å². The largest absolute Gasteiger partial charge is 0.501 e. The molecule has 5 heteroatoms. The van der Waals surface area contributed by atoms with E-state index >= 15 is 0 Å². The standard InChI is InChI=1S/C19H26N2O3/c22-13-16-8-9-21(11-15-5-2-1-3-6-15)12-18(16)20-19(23)17-7-4-10-24-14-17/h1-3,5-6,14,16,18,22H,4,7-13H2,(H,20,23)/t16-,18+/m0/s1. The molecule has 2 aliphatic rings. The van der Waals surface area contributed by atoms with E-state index in [1.807, 2.05) is 18.2 Å². The third-order valence-electron chi connectivity index (χ3n) is 4.87. The predicted molar refractivity (Wildman–Crippen MR) is 92.1 cm³/mol. The molecule has 0 saturated carbocycles. The SMILES string of the molecule is O=C(N[C@@H]1CN(Cc2ccccc2)CC[C@H]1CO)C1=COCCC1. The number of likely N-dealkylation sites (tertiary alicyclic amines) is 1. The Balaban J connectivity index is 1.60. The van der Waals surface area contributed by atoms with Crippen LogP contribution in [0.2, 0.25) is 0 Å². The topological polar surface area (TPSA) is 61.8 Å². The molecule has 1 saturated heterocycles. The number of rotatable bonds is 5. The van der Waals surface area contributed by atoms with Gasteiger partial charge in [0, 0.05) is 31.7 Å². The molecule has 0 aliphatic carbocycles. The number of ether oxygens (including phenoxy) is 1. The van der Waals surface area contributed by atoms with Crippen LogP contribution in [0.15, 0.2) is 42.2 Å². The van der Waals surface area contributed by atoms with Crippen LogP contribution in [0.5, 0.6) is 0 Å². The normalized spacial score (nSPS) is 24.8. The molecule has 0 aromatic heterocycles. The molecule has 0 radical (unpaired) electrons. The van der Waals surface area contributed by atoms with Gasteiger partial charge in [-0.1, -0.05) is 30.3 Å². The van der Waals surface area contributed by atoms with Crippen LogP contribution in [0.1, 0.15) is 24.8 Å². The Morgan fingerprint density at radius 1 is 1.33 bits per heavy atom. The first-order valence-electron chi connectivity index (χ1n) is 8.75. The highest BCUT2D eigenvalue weighted by Crippen LogP contribution is 2.21. The molecule has 2 heterocycles. The molecular formula is C19H26N2O3. The van der Waals surface area contributed by atoms with Crippen LogP contribution >= 0.6 is 0 Å². The molecule has 0 unspecified atom stereocenters. The highest BCUT2D eigenvalue weighted by Gasteiger charge is 2.30. The van der Waals surface area contributed by atoms with Gasteiger partial charge in [-0.15, -0.1) is 0 Å². The monoisotopic (exact) mass is 330 g/mol. The number of aliphatic hydroxyl groups excluding tert-OH is 1. The number of benzene rings is 1. The lowest BCUT2D eigenvalue weighted by Crippen LogP contribution is -2.53. The minimum atomic E-state index is -0.0558. The molecule has 1 aromatic carbocycles. The van der Waals surface area contributed by atoms with E-state index in [1.54, 1.807) is 6.26 Å². The Labute approximate surface area is 143 Å². The Morgan fingerprint density at radius 3 is 2.88 bits per heavy atom. The molecule has 24 heavy (non-hydrogen) atoms. The first-order chi connectivity index (χ1) is 11.8. The van der Waals surface area contributed by atoms with E-state index < -0.39 is 0 Å². The van der Waals surface area contributed by atoms with Crippen molar-refractivity contribution in [2.45, 2.75) is 31.8 Å². The van der Waals surface area contributed by atoms with Gasteiger partial charge in [0.25, 0.3) is 5.91 Å². The summed E-state index contributed by atoms with van der Waals surface area (Å²) in [5.74, 6) is 0.0609. The highest BCUT2D eigenvalue weighted by molar-refractivity contribution is 5.93. The van der Waals surface area contributed by atoms with Crippen molar-refractivity contribution < 1.29 is 14.6 Å². The molecule has 2 N–H and O–H groups in total. The molecule has 1 aromatic rings. The molecule has 2 atom stereocenters. The zero-order chi connectivity index (χ0) is 16.8. The molecule has 1 amide bonds. The van der Waals surface area contributed by atoms with Gasteiger partial charge in [0.15, 0.2) is 0 Å². The second-order valence-electron chi connectivity index (χ2n) is 6.65. The number of carbonyl (C=O) groups is 1. The van der Waals surface area contributed by atoms with Crippen molar-refractivity contribution in [2.75, 3.05) is 26.3 Å². The lowest BCUT2D eigenvalue weighted by atomic mass is 9.91. The van der Waals surface area contributed by atoms with Gasteiger partial charge in [-0.05, 0) is 31.4 Å². The molecule has 0 spiro atoms. The zero-order valence-corrected chi connectivity index (χ0v) is 14.0. The van der Waals surface area contributed by atoms with Crippen LogP contribution < -0.4 is 5.32 Å². The average molecular weight is 330 g/mol. The van der Waals surface area contributed by atoms with Crippen LogP contribution in [0, 0.1) is 5.92 Å². The molecule has 5 nitrogen and oxygen atoms in total. The van der Waals surface area contributed by atoms with Crippen LogP contribution in [0.25, 0.3) is 0 Å². The first kappa shape index (κ1) is 17.0. The number of nitrogens with one attached hydrogen (secondary N) is 1. The number of piperidine rings is 1. The number of hydrogen-bond donors (Lipinski definition) is 2. The van der Waals surface area contributed by atoms with Gasteiger partial charge in [-0.2, -0.15) is 0 Å². The van der Waals surface area contributed by atoms with Gasteiger partial charge < -0.3 is 15.2 Å². The van der Waals surface area contributed by atoms with E-state index in [4.69, 9.17) is 4.74 Å². The van der Waals surface area contributed by atoms with Crippen molar-refractivity contribution in [2.24, 2.45) is 5.92 Å². The predicted octanol–water partition coefficient (Wildman–Crippen LogP) is 1.68. The molecule has 2 aliphatic heterocycles. The van der Waals surface area contributed by atoms with Gasteiger partial charge in [0.05, 0.1) is 18.4 Å². The maximum Gasteiger partial charge on any atom is 0.250 e. The lowest BCUT2D eigenvalue weighted by molar-refractivity contribution is -0.119. The van der Waals surface area contributed by atoms with Crippen LogP contribution in [-0.4, -0.2) is 48.3 Å². The fourth-order valence-electron chi connectivity index (χ4n) is 3.43. The Bertz CT molecular complexity index is 573. The summed E-state index contributed by atoms with van der Waals surface area (Å²) in [7, 11) is 0. The molecule has 1 fully saturated rings. The molecular weight excluding hydrogens is 304 g/mol. The van der Waals surface area contributed by atoms with E-state index in [9.17, 15) is 9.90 Å². The summed E-state index contributed by atoms with van der Waals surface area (Å²) in [5, 5.41) is 12.8. The van der Waals surface area contributed by atoms with Crippen LogP contribution in [0.3, 0.4) is 0 Å². The Hall–Kier alpha value is -1.85. The van der Waals surface area contributed by atoms with E-state index in [1.165, 1.54) is 5.56 Å². The van der Waals surface area contributed by atoms with E-state index in [2.05, 4.69) is 22.3 Å². The second kappa shape index (κ2) is 8.31. The highest BCUT2D eigenvalue weighted by atomic mass is 16.5. The van der Waals surface area contributed by atoms with Crippen LogP contribution in [0.4, 0.5) is 0 Å². The summed E-state index contributed by atoms with van der Waals surface area (Å²) < 4.78 is 5.26. The molecule has 130 valence electrons. The Morgan fingerprint density at radius 2 is 2.17 bits per heavy atom. The minimum Gasteiger partial charge on any atom is -0.501 e. The van der Waals surface area contributed by atoms with Crippen molar-refractivity contribution in [3.8, 4) is 0 Å².